The molecule has 0 saturated carbocycles. The second-order valence-corrected chi connectivity index (χ2v) is 8.85. The minimum absolute atomic E-state index is 0.0216. The van der Waals surface area contributed by atoms with Crippen molar-refractivity contribution >= 4 is 0 Å². The molecule has 0 aromatic heterocycles. The van der Waals surface area contributed by atoms with Crippen LogP contribution in [0, 0.1) is 16.2 Å². The third kappa shape index (κ3) is 2.76. The molecule has 0 bridgehead atoms. The Bertz CT molecular complexity index is 687. The Morgan fingerprint density at radius 3 is 1.79 bits per heavy atom. The molecule has 0 aromatic carbocycles. The molecule has 0 fully saturated rings. The fraction of sp³-hybridized carbons (Fsp3) is 0.545. The topological polar surface area (TPSA) is 40.5 Å². The van der Waals surface area contributed by atoms with Crippen LogP contribution in [0.3, 0.4) is 0 Å². The van der Waals surface area contributed by atoms with E-state index < -0.39 is 0 Å². The molecular weight excluding hydrogens is 296 g/mol. The SMILES string of the molecule is C=CC1=C(/C=C(\C)O)C2(CC(C)(C)C(C)=C2/C=C(\C)O)CC1(C)C. The first kappa shape index (κ1) is 18.6. The van der Waals surface area contributed by atoms with Gasteiger partial charge in [0.15, 0.2) is 0 Å². The predicted octanol–water partition coefficient (Wildman–Crippen LogP) is 6.56. The summed E-state index contributed by atoms with van der Waals surface area (Å²) >= 11 is 0. The molecule has 2 rings (SSSR count). The molecule has 0 amide bonds. The molecule has 24 heavy (non-hydrogen) atoms. The van der Waals surface area contributed by atoms with Crippen molar-refractivity contribution in [1.29, 1.82) is 0 Å². The van der Waals surface area contributed by atoms with Gasteiger partial charge in [0.2, 0.25) is 0 Å². The van der Waals surface area contributed by atoms with Crippen molar-refractivity contribution in [2.24, 2.45) is 16.2 Å². The number of aliphatic hydroxyl groups excluding tert-OH is 2. The molecule has 132 valence electrons. The maximum absolute atomic E-state index is 10.0. The van der Waals surface area contributed by atoms with E-state index in [9.17, 15) is 10.2 Å². The van der Waals surface area contributed by atoms with Gasteiger partial charge in [-0.3, -0.25) is 0 Å². The Kier molecular flexibility index (Phi) is 4.41. The fourth-order valence-corrected chi connectivity index (χ4v) is 4.94. The third-order valence-electron chi connectivity index (χ3n) is 5.87. The highest BCUT2D eigenvalue weighted by Gasteiger charge is 2.56. The van der Waals surface area contributed by atoms with Crippen LogP contribution in [0.4, 0.5) is 0 Å². The van der Waals surface area contributed by atoms with Crippen molar-refractivity contribution in [1.82, 2.24) is 0 Å². The van der Waals surface area contributed by atoms with Crippen LogP contribution in [0.2, 0.25) is 0 Å². The average Bonchev–Trinajstić information content (AvgIpc) is 2.71. The van der Waals surface area contributed by atoms with Crippen molar-refractivity contribution in [2.45, 2.75) is 61.3 Å². The minimum Gasteiger partial charge on any atom is -0.513 e. The zero-order valence-electron chi connectivity index (χ0n) is 16.2. The van der Waals surface area contributed by atoms with Gasteiger partial charge in [0.05, 0.1) is 11.5 Å². The number of hydrogen-bond acceptors (Lipinski definition) is 2. The predicted molar refractivity (Wildman–Crippen MR) is 102 cm³/mol. The van der Waals surface area contributed by atoms with E-state index in [4.69, 9.17) is 0 Å². The summed E-state index contributed by atoms with van der Waals surface area (Å²) in [5.41, 5.74) is 4.71. The zero-order valence-corrected chi connectivity index (χ0v) is 16.2. The van der Waals surface area contributed by atoms with E-state index in [0.717, 1.165) is 18.4 Å². The molecule has 0 aromatic rings. The van der Waals surface area contributed by atoms with Crippen molar-refractivity contribution < 1.29 is 10.2 Å². The molecule has 2 heteroatoms. The Hall–Kier alpha value is -1.70. The highest BCUT2D eigenvalue weighted by molar-refractivity contribution is 5.58. The molecule has 2 nitrogen and oxygen atoms in total. The summed E-state index contributed by atoms with van der Waals surface area (Å²) in [4.78, 5) is 0. The van der Waals surface area contributed by atoms with Gasteiger partial charge in [-0.15, -0.1) is 0 Å². The molecule has 1 atom stereocenters. The van der Waals surface area contributed by atoms with Gasteiger partial charge in [-0.05, 0) is 73.3 Å². The number of aliphatic hydroxyl groups is 2. The quantitative estimate of drug-likeness (QED) is 0.576. The summed E-state index contributed by atoms with van der Waals surface area (Å²) in [6, 6.07) is 0. The molecule has 1 unspecified atom stereocenters. The van der Waals surface area contributed by atoms with E-state index in [2.05, 4.69) is 41.2 Å². The molecule has 2 aliphatic carbocycles. The van der Waals surface area contributed by atoms with E-state index in [0.29, 0.717) is 11.5 Å². The van der Waals surface area contributed by atoms with E-state index in [1.54, 1.807) is 13.8 Å². The summed E-state index contributed by atoms with van der Waals surface area (Å²) in [5.74, 6) is 0.642. The summed E-state index contributed by atoms with van der Waals surface area (Å²) < 4.78 is 0. The first-order valence-electron chi connectivity index (χ1n) is 8.71. The lowest BCUT2D eigenvalue weighted by atomic mass is 9.69. The maximum atomic E-state index is 10.0. The summed E-state index contributed by atoms with van der Waals surface area (Å²) in [5, 5.41) is 20.0. The highest BCUT2D eigenvalue weighted by Crippen LogP contribution is 2.67. The molecule has 0 aliphatic heterocycles. The van der Waals surface area contributed by atoms with Gasteiger partial charge >= 0.3 is 0 Å². The van der Waals surface area contributed by atoms with Crippen molar-refractivity contribution in [3.05, 3.63) is 58.6 Å². The smallest absolute Gasteiger partial charge is 0.0894 e. The van der Waals surface area contributed by atoms with Crippen LogP contribution in [0.5, 0.6) is 0 Å². The first-order valence-corrected chi connectivity index (χ1v) is 8.71. The fourth-order valence-electron chi connectivity index (χ4n) is 4.94. The molecular formula is C22H32O2. The average molecular weight is 328 g/mol. The largest absolute Gasteiger partial charge is 0.513 e. The van der Waals surface area contributed by atoms with Crippen LogP contribution in [0.15, 0.2) is 58.6 Å². The van der Waals surface area contributed by atoms with Crippen molar-refractivity contribution in [3.63, 3.8) is 0 Å². The first-order chi connectivity index (χ1) is 10.9. The normalized spacial score (nSPS) is 29.8. The molecule has 0 radical (unpaired) electrons. The van der Waals surface area contributed by atoms with Gasteiger partial charge in [-0.25, -0.2) is 0 Å². The van der Waals surface area contributed by atoms with E-state index in [1.807, 2.05) is 18.2 Å². The lowest BCUT2D eigenvalue weighted by Crippen LogP contribution is -2.24. The second-order valence-electron chi connectivity index (χ2n) is 8.85. The molecule has 1 spiro atoms. The highest BCUT2D eigenvalue weighted by atomic mass is 16.3. The van der Waals surface area contributed by atoms with Gasteiger partial charge in [0.25, 0.3) is 0 Å². The minimum atomic E-state index is -0.186. The Balaban J connectivity index is 2.85. The number of hydrogen-bond donors (Lipinski definition) is 2. The van der Waals surface area contributed by atoms with Crippen LogP contribution in [0.1, 0.15) is 61.3 Å². The van der Waals surface area contributed by atoms with Crippen LogP contribution in [0.25, 0.3) is 0 Å². The van der Waals surface area contributed by atoms with Crippen LogP contribution in [-0.2, 0) is 0 Å². The summed E-state index contributed by atoms with van der Waals surface area (Å²) in [6.07, 6.45) is 7.70. The summed E-state index contributed by atoms with van der Waals surface area (Å²) in [7, 11) is 0. The number of allylic oxidation sites excluding steroid dienone is 9. The van der Waals surface area contributed by atoms with Crippen LogP contribution >= 0.6 is 0 Å². The lowest BCUT2D eigenvalue weighted by molar-refractivity contribution is 0.262. The molecule has 0 saturated heterocycles. The van der Waals surface area contributed by atoms with Gasteiger partial charge in [-0.2, -0.15) is 0 Å². The zero-order chi connectivity index (χ0) is 18.5. The summed E-state index contributed by atoms with van der Waals surface area (Å²) in [6.45, 7) is 18.7. The Morgan fingerprint density at radius 2 is 1.33 bits per heavy atom. The maximum Gasteiger partial charge on any atom is 0.0894 e. The molecule has 2 aliphatic rings. The van der Waals surface area contributed by atoms with Crippen LogP contribution in [-0.4, -0.2) is 10.2 Å². The Labute approximate surface area is 147 Å². The van der Waals surface area contributed by atoms with Gasteiger partial charge in [0.1, 0.15) is 0 Å². The third-order valence-corrected chi connectivity index (χ3v) is 5.87. The molecule has 0 heterocycles. The number of rotatable bonds is 3. The second kappa shape index (κ2) is 5.68. The van der Waals surface area contributed by atoms with E-state index in [-0.39, 0.29) is 16.2 Å². The van der Waals surface area contributed by atoms with Crippen LogP contribution < -0.4 is 0 Å². The van der Waals surface area contributed by atoms with Gasteiger partial charge in [0, 0.05) is 5.41 Å². The van der Waals surface area contributed by atoms with E-state index >= 15 is 0 Å². The molecule has 2 N–H and O–H groups in total. The lowest BCUT2D eigenvalue weighted by Gasteiger charge is -2.33. The Morgan fingerprint density at radius 1 is 0.875 bits per heavy atom. The van der Waals surface area contributed by atoms with Gasteiger partial charge < -0.3 is 10.2 Å². The monoisotopic (exact) mass is 328 g/mol. The standard InChI is InChI=1S/C22H32O2/c1-9-17-19(11-15(3)24)22(13-21(17,7)8)12-20(5,6)16(4)18(22)10-14(2)23/h9-11,23-24H,1,12-13H2,2-8H3/b14-10+,15-11+. The van der Waals surface area contributed by atoms with Crippen molar-refractivity contribution in [3.8, 4) is 0 Å². The van der Waals surface area contributed by atoms with E-state index in [1.165, 1.54) is 16.7 Å². The van der Waals surface area contributed by atoms with Crippen molar-refractivity contribution in [2.75, 3.05) is 0 Å². The van der Waals surface area contributed by atoms with Gasteiger partial charge in [-0.1, -0.05) is 45.9 Å².